The number of para-hydroxylation sites is 1. The normalized spacial score (nSPS) is 12.8. The number of alkyl carbamates (subject to hydrolysis) is 1. The molecule has 2 rings (SSSR count). The number of aryl methyl sites for hydroxylation is 1. The van der Waals surface area contributed by atoms with Gasteiger partial charge >= 0.3 is 6.09 Å². The Bertz CT molecular complexity index is 1110. The maximum Gasteiger partial charge on any atom is 0.408 e. The van der Waals surface area contributed by atoms with E-state index in [0.717, 1.165) is 37.7 Å². The number of unbranched alkanes of at least 4 members (excludes halogenated alkanes) is 5. The monoisotopic (exact) mass is 573 g/mol. The van der Waals surface area contributed by atoms with Crippen molar-refractivity contribution in [3.05, 3.63) is 58.6 Å². The van der Waals surface area contributed by atoms with Crippen molar-refractivity contribution in [2.24, 2.45) is 0 Å². The highest BCUT2D eigenvalue weighted by atomic mass is 35.5. The minimum absolute atomic E-state index is 0.0404. The van der Waals surface area contributed by atoms with Crippen LogP contribution in [0.1, 0.15) is 90.3 Å². The first-order chi connectivity index (χ1) is 18.8. The van der Waals surface area contributed by atoms with Crippen LogP contribution in [-0.2, 0) is 14.3 Å². The summed E-state index contributed by atoms with van der Waals surface area (Å²) in [7, 11) is 0. The zero-order valence-corrected chi connectivity index (χ0v) is 25.3. The zero-order chi connectivity index (χ0) is 29.9. The van der Waals surface area contributed by atoms with Gasteiger partial charge in [-0.25, -0.2) is 4.79 Å². The molecule has 220 valence electrons. The minimum Gasteiger partial charge on any atom is -0.508 e. The molecular weight excluding hydrogens is 530 g/mol. The molecular formula is C31H44ClN3O5. The number of phenols is 1. The summed E-state index contributed by atoms with van der Waals surface area (Å²) in [5.74, 6) is -0.840. The molecule has 0 fully saturated rings. The molecule has 2 aromatic rings. The fourth-order valence-corrected chi connectivity index (χ4v) is 4.60. The zero-order valence-electron chi connectivity index (χ0n) is 24.6. The van der Waals surface area contributed by atoms with Crippen molar-refractivity contribution >= 4 is 35.2 Å². The van der Waals surface area contributed by atoms with Gasteiger partial charge in [-0.15, -0.1) is 0 Å². The van der Waals surface area contributed by atoms with Crippen LogP contribution in [0.5, 0.6) is 5.75 Å². The van der Waals surface area contributed by atoms with E-state index in [1.165, 1.54) is 17.0 Å². The number of anilines is 1. The quantitative estimate of drug-likeness (QED) is 0.221. The van der Waals surface area contributed by atoms with Gasteiger partial charge in [0.2, 0.25) is 5.91 Å². The van der Waals surface area contributed by atoms with Gasteiger partial charge in [-0.3, -0.25) is 9.59 Å². The number of halogens is 1. The summed E-state index contributed by atoms with van der Waals surface area (Å²) in [5.41, 5.74) is 1.03. The predicted octanol–water partition coefficient (Wildman–Crippen LogP) is 7.14. The first kappa shape index (κ1) is 32.9. The van der Waals surface area contributed by atoms with Crippen molar-refractivity contribution in [3.8, 4) is 5.75 Å². The second-order valence-electron chi connectivity index (χ2n) is 11.1. The van der Waals surface area contributed by atoms with E-state index in [4.69, 9.17) is 16.3 Å². The van der Waals surface area contributed by atoms with Gasteiger partial charge in [0.25, 0.3) is 5.91 Å². The van der Waals surface area contributed by atoms with E-state index >= 15 is 0 Å². The Hall–Kier alpha value is -3.26. The van der Waals surface area contributed by atoms with Crippen molar-refractivity contribution in [1.29, 1.82) is 0 Å². The van der Waals surface area contributed by atoms with Crippen molar-refractivity contribution in [2.45, 2.75) is 97.8 Å². The third-order valence-electron chi connectivity index (χ3n) is 6.38. The molecule has 8 nitrogen and oxygen atoms in total. The van der Waals surface area contributed by atoms with E-state index in [1.54, 1.807) is 52.0 Å². The number of hydrogen-bond acceptors (Lipinski definition) is 5. The summed E-state index contributed by atoms with van der Waals surface area (Å²) < 4.78 is 5.34. The summed E-state index contributed by atoms with van der Waals surface area (Å²) in [6, 6.07) is 9.52. The fraction of sp³-hybridized carbons (Fsp3) is 0.516. The number of ether oxygens (including phenoxy) is 1. The maximum absolute atomic E-state index is 13.9. The smallest absolute Gasteiger partial charge is 0.408 e. The number of phenolic OH excluding ortho intramolecular Hbond substituents is 1. The molecule has 0 spiro atoms. The van der Waals surface area contributed by atoms with Crippen LogP contribution in [0.2, 0.25) is 5.02 Å². The number of carbonyl (C=O) groups is 3. The Kier molecular flexibility index (Phi) is 12.8. The average molecular weight is 574 g/mol. The van der Waals surface area contributed by atoms with Crippen LogP contribution in [-0.4, -0.2) is 46.1 Å². The summed E-state index contributed by atoms with van der Waals surface area (Å²) >= 11 is 6.40. The molecule has 0 saturated carbocycles. The largest absolute Gasteiger partial charge is 0.508 e. The van der Waals surface area contributed by atoms with E-state index in [1.807, 2.05) is 13.0 Å². The van der Waals surface area contributed by atoms with Crippen LogP contribution >= 0.6 is 11.6 Å². The molecule has 0 radical (unpaired) electrons. The number of rotatable bonds is 13. The highest BCUT2D eigenvalue weighted by molar-refractivity contribution is 6.34. The third-order valence-corrected chi connectivity index (χ3v) is 6.69. The number of amides is 3. The molecule has 0 aliphatic heterocycles. The number of hydrogen-bond donors (Lipinski definition) is 3. The van der Waals surface area contributed by atoms with E-state index in [-0.39, 0.29) is 5.75 Å². The van der Waals surface area contributed by atoms with Crippen LogP contribution in [0.15, 0.2) is 42.5 Å². The average Bonchev–Trinajstić information content (AvgIpc) is 2.87. The first-order valence-electron chi connectivity index (χ1n) is 14.0. The van der Waals surface area contributed by atoms with Gasteiger partial charge in [-0.05, 0) is 70.4 Å². The Labute approximate surface area is 243 Å². The highest BCUT2D eigenvalue weighted by Crippen LogP contribution is 2.30. The van der Waals surface area contributed by atoms with Gasteiger partial charge in [0, 0.05) is 6.54 Å². The van der Waals surface area contributed by atoms with Crippen LogP contribution in [0.4, 0.5) is 10.5 Å². The number of nitrogens with zero attached hydrogens (tertiary/aromatic N) is 1. The SMILES string of the molecule is CCCCCCCCN(C(=O)C(C)NC(=O)OC(C)(C)C)C(C(=O)Nc1c(C)cccc1Cl)c1ccc(O)cc1. The molecule has 0 aliphatic rings. The number of carbonyl (C=O) groups excluding carboxylic acids is 3. The van der Waals surface area contributed by atoms with Crippen LogP contribution in [0.25, 0.3) is 0 Å². The second kappa shape index (κ2) is 15.5. The lowest BCUT2D eigenvalue weighted by Crippen LogP contribution is -2.51. The van der Waals surface area contributed by atoms with Crippen molar-refractivity contribution in [3.63, 3.8) is 0 Å². The molecule has 0 aromatic heterocycles. The molecule has 3 N–H and O–H groups in total. The lowest BCUT2D eigenvalue weighted by molar-refractivity contribution is -0.140. The number of nitrogens with one attached hydrogen (secondary N) is 2. The van der Waals surface area contributed by atoms with Crippen molar-refractivity contribution in [2.75, 3.05) is 11.9 Å². The van der Waals surface area contributed by atoms with E-state index in [2.05, 4.69) is 17.6 Å². The molecule has 0 heterocycles. The first-order valence-corrected chi connectivity index (χ1v) is 14.4. The van der Waals surface area contributed by atoms with Crippen LogP contribution in [0, 0.1) is 6.92 Å². The highest BCUT2D eigenvalue weighted by Gasteiger charge is 2.35. The van der Waals surface area contributed by atoms with Gasteiger partial charge in [0.1, 0.15) is 23.4 Å². The lowest BCUT2D eigenvalue weighted by atomic mass is 10.0. The Morgan fingerprint density at radius 1 is 1.00 bits per heavy atom. The molecule has 0 bridgehead atoms. The summed E-state index contributed by atoms with van der Waals surface area (Å²) in [4.78, 5) is 41.8. The maximum atomic E-state index is 13.9. The van der Waals surface area contributed by atoms with E-state index in [9.17, 15) is 19.5 Å². The molecule has 0 aliphatic carbocycles. The summed E-state index contributed by atoms with van der Waals surface area (Å²) in [5, 5.41) is 15.8. The van der Waals surface area contributed by atoms with Gasteiger partial charge in [-0.1, -0.05) is 74.9 Å². The molecule has 40 heavy (non-hydrogen) atoms. The number of benzene rings is 2. The second-order valence-corrected chi connectivity index (χ2v) is 11.5. The number of aromatic hydroxyl groups is 1. The van der Waals surface area contributed by atoms with Gasteiger partial charge in [0.15, 0.2) is 0 Å². The van der Waals surface area contributed by atoms with Gasteiger partial charge < -0.3 is 25.4 Å². The Morgan fingerprint density at radius 2 is 1.62 bits per heavy atom. The third kappa shape index (κ3) is 10.4. The molecule has 2 unspecified atom stereocenters. The topological polar surface area (TPSA) is 108 Å². The van der Waals surface area contributed by atoms with E-state index < -0.39 is 35.6 Å². The Morgan fingerprint density at radius 3 is 2.23 bits per heavy atom. The molecule has 2 aromatic carbocycles. The van der Waals surface area contributed by atoms with Crippen LogP contribution < -0.4 is 10.6 Å². The predicted molar refractivity (Wildman–Crippen MR) is 160 cm³/mol. The standard InChI is InChI=1S/C31H44ClN3O5/c1-7-8-9-10-11-12-20-35(29(38)22(3)33-30(39)40-31(4,5)6)27(23-16-18-24(36)19-17-23)28(37)34-26-21(2)14-13-15-25(26)32/h13-19,22,27,36H,7-12,20H2,1-6H3,(H,33,39)(H,34,37). The fourth-order valence-electron chi connectivity index (χ4n) is 4.34. The summed E-state index contributed by atoms with van der Waals surface area (Å²) in [6.45, 7) is 11.1. The van der Waals surface area contributed by atoms with E-state index in [0.29, 0.717) is 29.2 Å². The van der Waals surface area contributed by atoms with Crippen LogP contribution in [0.3, 0.4) is 0 Å². The Balaban J connectivity index is 2.43. The molecule has 3 amide bonds. The van der Waals surface area contributed by atoms with Crippen molar-refractivity contribution < 1.29 is 24.2 Å². The molecule has 2 atom stereocenters. The van der Waals surface area contributed by atoms with Gasteiger partial charge in [0.05, 0.1) is 10.7 Å². The minimum atomic E-state index is -1.04. The molecule has 9 heteroatoms. The summed E-state index contributed by atoms with van der Waals surface area (Å²) in [6.07, 6.45) is 5.26. The molecule has 0 saturated heterocycles. The lowest BCUT2D eigenvalue weighted by Gasteiger charge is -2.34. The van der Waals surface area contributed by atoms with Crippen molar-refractivity contribution in [1.82, 2.24) is 10.2 Å². The van der Waals surface area contributed by atoms with Gasteiger partial charge in [-0.2, -0.15) is 0 Å².